The van der Waals surface area contributed by atoms with Crippen LogP contribution in [0.5, 0.6) is 0 Å². The van der Waals surface area contributed by atoms with Gasteiger partial charge >= 0.3 is 0 Å². The Labute approximate surface area is 84.8 Å². The van der Waals surface area contributed by atoms with Crippen LogP contribution >= 0.6 is 0 Å². The van der Waals surface area contributed by atoms with Crippen LogP contribution in [-0.2, 0) is 18.9 Å². The fourth-order valence-corrected chi connectivity index (χ4v) is 0.874. The molecule has 0 spiro atoms. The second kappa shape index (κ2) is 6.81. The van der Waals surface area contributed by atoms with Gasteiger partial charge in [-0.05, 0) is 6.92 Å². The van der Waals surface area contributed by atoms with Crippen LogP contribution in [0.4, 0.5) is 0 Å². The summed E-state index contributed by atoms with van der Waals surface area (Å²) < 4.78 is 20.6. The summed E-state index contributed by atoms with van der Waals surface area (Å²) in [5, 5.41) is 0. The van der Waals surface area contributed by atoms with Gasteiger partial charge in [0.2, 0.25) is 0 Å². The summed E-state index contributed by atoms with van der Waals surface area (Å²) in [5.74, 6) is 0.718. The number of hydrogen-bond acceptors (Lipinski definition) is 4. The van der Waals surface area contributed by atoms with Gasteiger partial charge in [-0.1, -0.05) is 6.58 Å². The number of hydrogen-bond donors (Lipinski definition) is 0. The molecular formula is C10H18O4. The summed E-state index contributed by atoms with van der Waals surface area (Å²) in [5.41, 5.74) is 0. The molecule has 14 heavy (non-hydrogen) atoms. The van der Waals surface area contributed by atoms with Gasteiger partial charge in [-0.2, -0.15) is 0 Å². The van der Waals surface area contributed by atoms with Crippen LogP contribution in [0, 0.1) is 0 Å². The number of ether oxygens (including phenoxy) is 4. The van der Waals surface area contributed by atoms with Gasteiger partial charge in [-0.25, -0.2) is 0 Å². The van der Waals surface area contributed by atoms with Crippen LogP contribution in [0.2, 0.25) is 0 Å². The molecule has 1 fully saturated rings. The molecule has 1 aliphatic rings. The number of allylic oxidation sites excluding steroid dienone is 1. The molecule has 0 aliphatic carbocycles. The maximum atomic E-state index is 5.28. The second-order valence-electron chi connectivity index (χ2n) is 3.19. The Kier molecular flexibility index (Phi) is 5.59. The molecule has 0 saturated carbocycles. The Bertz CT molecular complexity index is 166. The average Bonchev–Trinajstić information content (AvgIpc) is 2.92. The first-order valence-electron chi connectivity index (χ1n) is 4.84. The average molecular weight is 202 g/mol. The molecule has 4 heteroatoms. The third kappa shape index (κ3) is 6.88. The van der Waals surface area contributed by atoms with Gasteiger partial charge in [0, 0.05) is 0 Å². The van der Waals surface area contributed by atoms with Crippen LogP contribution in [0.1, 0.15) is 6.92 Å². The minimum Gasteiger partial charge on any atom is -0.496 e. The molecule has 4 nitrogen and oxygen atoms in total. The minimum atomic E-state index is 0.335. The molecule has 0 amide bonds. The third-order valence-corrected chi connectivity index (χ3v) is 1.65. The lowest BCUT2D eigenvalue weighted by molar-refractivity contribution is 0.0236. The lowest BCUT2D eigenvalue weighted by Gasteiger charge is -2.06. The first kappa shape index (κ1) is 11.5. The summed E-state index contributed by atoms with van der Waals surface area (Å²) in [4.78, 5) is 0. The highest BCUT2D eigenvalue weighted by molar-refractivity contribution is 4.73. The van der Waals surface area contributed by atoms with E-state index in [0.29, 0.717) is 39.1 Å². The molecule has 0 radical (unpaired) electrons. The van der Waals surface area contributed by atoms with E-state index in [1.54, 1.807) is 0 Å². The summed E-state index contributed by atoms with van der Waals surface area (Å²) in [6.07, 6.45) is 0.335. The third-order valence-electron chi connectivity index (χ3n) is 1.65. The van der Waals surface area contributed by atoms with Crippen LogP contribution < -0.4 is 0 Å². The van der Waals surface area contributed by atoms with Crippen LogP contribution in [0.15, 0.2) is 12.3 Å². The molecule has 1 rings (SSSR count). The standard InChI is InChI=1S/C10H18O4/c1-9(2)13-6-5-11-3-4-12-7-10-8-14-10/h10H,1,3-8H2,2H3. The molecule has 1 unspecified atom stereocenters. The van der Waals surface area contributed by atoms with Crippen molar-refractivity contribution in [1.82, 2.24) is 0 Å². The molecule has 0 aromatic carbocycles. The van der Waals surface area contributed by atoms with Gasteiger partial charge in [0.15, 0.2) is 0 Å². The summed E-state index contributed by atoms with van der Waals surface area (Å²) in [7, 11) is 0. The number of epoxide rings is 1. The molecule has 1 saturated heterocycles. The minimum absolute atomic E-state index is 0.335. The Morgan fingerprint density at radius 3 is 2.57 bits per heavy atom. The van der Waals surface area contributed by atoms with Crippen LogP contribution in [0.3, 0.4) is 0 Å². The van der Waals surface area contributed by atoms with Gasteiger partial charge in [-0.15, -0.1) is 0 Å². The highest BCUT2D eigenvalue weighted by Gasteiger charge is 2.21. The fourth-order valence-electron chi connectivity index (χ4n) is 0.874. The Morgan fingerprint density at radius 2 is 1.93 bits per heavy atom. The van der Waals surface area contributed by atoms with Crippen molar-refractivity contribution in [2.75, 3.05) is 39.6 Å². The van der Waals surface area contributed by atoms with E-state index in [1.165, 1.54) is 0 Å². The molecule has 0 aromatic heterocycles. The van der Waals surface area contributed by atoms with Crippen molar-refractivity contribution in [2.24, 2.45) is 0 Å². The Hall–Kier alpha value is -0.580. The van der Waals surface area contributed by atoms with Gasteiger partial charge in [0.1, 0.15) is 12.7 Å². The summed E-state index contributed by atoms with van der Waals surface area (Å²) in [6.45, 7) is 9.31. The molecule has 82 valence electrons. The van der Waals surface area contributed by atoms with Crippen molar-refractivity contribution >= 4 is 0 Å². The maximum absolute atomic E-state index is 5.28. The fraction of sp³-hybridized carbons (Fsp3) is 0.800. The normalized spacial score (nSPS) is 19.4. The molecule has 1 aliphatic heterocycles. The van der Waals surface area contributed by atoms with E-state index in [1.807, 2.05) is 6.92 Å². The predicted molar refractivity (Wildman–Crippen MR) is 52.1 cm³/mol. The van der Waals surface area contributed by atoms with Crippen molar-refractivity contribution in [3.05, 3.63) is 12.3 Å². The lowest BCUT2D eigenvalue weighted by Crippen LogP contribution is -2.11. The zero-order chi connectivity index (χ0) is 10.2. The van der Waals surface area contributed by atoms with Gasteiger partial charge in [0.05, 0.1) is 38.8 Å². The molecule has 0 N–H and O–H groups in total. The smallest absolute Gasteiger partial charge is 0.111 e. The first-order chi connectivity index (χ1) is 6.79. The lowest BCUT2D eigenvalue weighted by atomic mass is 10.5. The van der Waals surface area contributed by atoms with E-state index in [2.05, 4.69) is 6.58 Å². The van der Waals surface area contributed by atoms with E-state index in [4.69, 9.17) is 18.9 Å². The van der Waals surface area contributed by atoms with E-state index < -0.39 is 0 Å². The zero-order valence-corrected chi connectivity index (χ0v) is 8.66. The number of rotatable bonds is 9. The van der Waals surface area contributed by atoms with E-state index in [9.17, 15) is 0 Å². The summed E-state index contributed by atoms with van der Waals surface area (Å²) >= 11 is 0. The van der Waals surface area contributed by atoms with Gasteiger partial charge in [-0.3, -0.25) is 0 Å². The molecule has 0 bridgehead atoms. The predicted octanol–water partition coefficient (Wildman–Crippen LogP) is 0.969. The van der Waals surface area contributed by atoms with E-state index in [0.717, 1.165) is 12.4 Å². The quantitative estimate of drug-likeness (QED) is 0.317. The topological polar surface area (TPSA) is 40.2 Å². The molecular weight excluding hydrogens is 184 g/mol. The van der Waals surface area contributed by atoms with Crippen molar-refractivity contribution < 1.29 is 18.9 Å². The van der Waals surface area contributed by atoms with Gasteiger partial charge in [0.25, 0.3) is 0 Å². The largest absolute Gasteiger partial charge is 0.496 e. The second-order valence-corrected chi connectivity index (χ2v) is 3.19. The maximum Gasteiger partial charge on any atom is 0.111 e. The summed E-state index contributed by atoms with van der Waals surface area (Å²) in [6, 6.07) is 0. The molecule has 0 aromatic rings. The highest BCUT2D eigenvalue weighted by atomic mass is 16.6. The van der Waals surface area contributed by atoms with Crippen molar-refractivity contribution in [1.29, 1.82) is 0 Å². The monoisotopic (exact) mass is 202 g/mol. The van der Waals surface area contributed by atoms with Gasteiger partial charge < -0.3 is 18.9 Å². The Balaban J connectivity index is 1.68. The van der Waals surface area contributed by atoms with Crippen LogP contribution in [0.25, 0.3) is 0 Å². The Morgan fingerprint density at radius 1 is 1.29 bits per heavy atom. The SMILES string of the molecule is C=C(C)OCCOCCOCC1CO1. The van der Waals surface area contributed by atoms with E-state index in [-0.39, 0.29) is 0 Å². The molecule has 1 heterocycles. The van der Waals surface area contributed by atoms with Crippen LogP contribution in [-0.4, -0.2) is 45.7 Å². The molecule has 1 atom stereocenters. The van der Waals surface area contributed by atoms with Crippen molar-refractivity contribution in [2.45, 2.75) is 13.0 Å². The highest BCUT2D eigenvalue weighted by Crippen LogP contribution is 2.07. The van der Waals surface area contributed by atoms with Crippen molar-refractivity contribution in [3.8, 4) is 0 Å². The van der Waals surface area contributed by atoms with E-state index >= 15 is 0 Å². The first-order valence-corrected chi connectivity index (χ1v) is 4.84. The van der Waals surface area contributed by atoms with Crippen molar-refractivity contribution in [3.63, 3.8) is 0 Å². The zero-order valence-electron chi connectivity index (χ0n) is 8.66.